The number of nitrogens with two attached hydrogens (primary N) is 1. The van der Waals surface area contributed by atoms with Crippen LogP contribution >= 0.6 is 0 Å². The number of hydrogen-bond donors (Lipinski definition) is 1. The first-order chi connectivity index (χ1) is 4.72. The van der Waals surface area contributed by atoms with Gasteiger partial charge in [0.2, 0.25) is 0 Å². The molecule has 1 fully saturated rings. The summed E-state index contributed by atoms with van der Waals surface area (Å²) in [5.41, 5.74) is 5.27. The molecule has 1 unspecified atom stereocenters. The van der Waals surface area contributed by atoms with Gasteiger partial charge in [0, 0.05) is 0 Å². The predicted molar refractivity (Wildman–Crippen MR) is 35.9 cm³/mol. The highest BCUT2D eigenvalue weighted by Gasteiger charge is 2.28. The summed E-state index contributed by atoms with van der Waals surface area (Å²) in [6.45, 7) is 0. The molecule has 0 spiro atoms. The van der Waals surface area contributed by atoms with Crippen LogP contribution in [0.4, 0.5) is 8.78 Å². The van der Waals surface area contributed by atoms with Gasteiger partial charge in [0.05, 0.1) is 6.04 Å². The number of hydrogen-bond acceptors (Lipinski definition) is 1. The Morgan fingerprint density at radius 1 is 1.20 bits per heavy atom. The van der Waals surface area contributed by atoms with Crippen molar-refractivity contribution in [3.63, 3.8) is 0 Å². The van der Waals surface area contributed by atoms with Gasteiger partial charge >= 0.3 is 0 Å². The molecule has 0 aromatic heterocycles. The second-order valence-electron chi connectivity index (χ2n) is 2.96. The lowest BCUT2D eigenvalue weighted by molar-refractivity contribution is 0.0897. The van der Waals surface area contributed by atoms with Crippen molar-refractivity contribution in [1.29, 1.82) is 0 Å². The quantitative estimate of drug-likeness (QED) is 0.636. The topological polar surface area (TPSA) is 26.0 Å². The van der Waals surface area contributed by atoms with Crippen LogP contribution in [0.5, 0.6) is 0 Å². The molecule has 0 aliphatic heterocycles. The van der Waals surface area contributed by atoms with Crippen LogP contribution in [0.1, 0.15) is 25.7 Å². The summed E-state index contributed by atoms with van der Waals surface area (Å²) in [4.78, 5) is 0. The standard InChI is InChI=1S/C7H13F2N/c8-7(9)6(10)5-3-1-2-4-5/h5-7H,1-4,10H2. The van der Waals surface area contributed by atoms with E-state index in [4.69, 9.17) is 5.73 Å². The van der Waals surface area contributed by atoms with Gasteiger partial charge in [-0.1, -0.05) is 12.8 Å². The molecule has 0 aromatic carbocycles. The van der Waals surface area contributed by atoms with Crippen LogP contribution in [-0.2, 0) is 0 Å². The Morgan fingerprint density at radius 3 is 2.10 bits per heavy atom. The highest BCUT2D eigenvalue weighted by Crippen LogP contribution is 2.28. The van der Waals surface area contributed by atoms with Gasteiger partial charge in [-0.2, -0.15) is 0 Å². The molecule has 0 bridgehead atoms. The Bertz CT molecular complexity index is 99.8. The number of rotatable bonds is 2. The largest absolute Gasteiger partial charge is 0.323 e. The molecule has 0 aromatic rings. The van der Waals surface area contributed by atoms with E-state index in [1.807, 2.05) is 0 Å². The fourth-order valence-corrected chi connectivity index (χ4v) is 1.55. The van der Waals surface area contributed by atoms with Crippen molar-refractivity contribution in [3.8, 4) is 0 Å². The van der Waals surface area contributed by atoms with Gasteiger partial charge in [-0.3, -0.25) is 0 Å². The van der Waals surface area contributed by atoms with E-state index < -0.39 is 12.5 Å². The molecule has 1 aliphatic carbocycles. The van der Waals surface area contributed by atoms with Crippen molar-refractivity contribution < 1.29 is 8.78 Å². The molecule has 0 heterocycles. The first-order valence-electron chi connectivity index (χ1n) is 3.75. The molecule has 0 saturated heterocycles. The van der Waals surface area contributed by atoms with E-state index in [1.54, 1.807) is 0 Å². The van der Waals surface area contributed by atoms with Crippen molar-refractivity contribution in [2.45, 2.75) is 38.2 Å². The van der Waals surface area contributed by atoms with E-state index >= 15 is 0 Å². The third-order valence-corrected chi connectivity index (χ3v) is 2.24. The minimum absolute atomic E-state index is 0.0833. The Morgan fingerprint density at radius 2 is 1.70 bits per heavy atom. The summed E-state index contributed by atoms with van der Waals surface area (Å²) in [7, 11) is 0. The van der Waals surface area contributed by atoms with Gasteiger partial charge in [0.15, 0.2) is 0 Å². The molecule has 1 atom stereocenters. The lowest BCUT2D eigenvalue weighted by Gasteiger charge is -2.16. The molecule has 0 amide bonds. The normalized spacial score (nSPS) is 24.0. The third kappa shape index (κ3) is 1.66. The van der Waals surface area contributed by atoms with Crippen LogP contribution in [0.2, 0.25) is 0 Å². The summed E-state index contributed by atoms with van der Waals surface area (Å²) < 4.78 is 23.9. The number of alkyl halides is 2. The minimum Gasteiger partial charge on any atom is -0.323 e. The van der Waals surface area contributed by atoms with Gasteiger partial charge < -0.3 is 5.73 Å². The van der Waals surface area contributed by atoms with E-state index in [-0.39, 0.29) is 5.92 Å². The fraction of sp³-hybridized carbons (Fsp3) is 1.00. The highest BCUT2D eigenvalue weighted by atomic mass is 19.3. The van der Waals surface area contributed by atoms with Crippen LogP contribution in [-0.4, -0.2) is 12.5 Å². The molecule has 60 valence electrons. The van der Waals surface area contributed by atoms with Gasteiger partial charge in [-0.25, -0.2) is 8.78 Å². The van der Waals surface area contributed by atoms with Gasteiger partial charge in [0.1, 0.15) is 0 Å². The van der Waals surface area contributed by atoms with Crippen LogP contribution in [0, 0.1) is 5.92 Å². The smallest absolute Gasteiger partial charge is 0.253 e. The molecule has 3 heteroatoms. The number of halogens is 2. The van der Waals surface area contributed by atoms with Crippen molar-refractivity contribution in [3.05, 3.63) is 0 Å². The van der Waals surface area contributed by atoms with E-state index in [9.17, 15) is 8.78 Å². The van der Waals surface area contributed by atoms with Crippen LogP contribution in [0.3, 0.4) is 0 Å². The zero-order valence-electron chi connectivity index (χ0n) is 5.89. The van der Waals surface area contributed by atoms with E-state index in [0.717, 1.165) is 25.7 Å². The Hall–Kier alpha value is -0.180. The summed E-state index contributed by atoms with van der Waals surface area (Å²) in [6.07, 6.45) is 1.61. The van der Waals surface area contributed by atoms with Crippen LogP contribution < -0.4 is 5.73 Å². The van der Waals surface area contributed by atoms with Crippen molar-refractivity contribution >= 4 is 0 Å². The summed E-state index contributed by atoms with van der Waals surface area (Å²) in [5, 5.41) is 0. The Kier molecular flexibility index (Phi) is 2.60. The maximum atomic E-state index is 12.0. The van der Waals surface area contributed by atoms with Crippen molar-refractivity contribution in [2.24, 2.45) is 11.7 Å². The average molecular weight is 149 g/mol. The highest BCUT2D eigenvalue weighted by molar-refractivity contribution is 4.79. The Labute approximate surface area is 59.6 Å². The Balaban J connectivity index is 2.32. The second kappa shape index (κ2) is 3.28. The second-order valence-corrected chi connectivity index (χ2v) is 2.96. The molecule has 1 aliphatic rings. The van der Waals surface area contributed by atoms with E-state index in [2.05, 4.69) is 0 Å². The summed E-state index contributed by atoms with van der Waals surface area (Å²) in [5.74, 6) is 0.0833. The molecular weight excluding hydrogens is 136 g/mol. The molecule has 1 saturated carbocycles. The van der Waals surface area contributed by atoms with E-state index in [0.29, 0.717) is 0 Å². The first kappa shape index (κ1) is 7.92. The van der Waals surface area contributed by atoms with Gasteiger partial charge in [0.25, 0.3) is 6.43 Å². The molecule has 1 nitrogen and oxygen atoms in total. The lowest BCUT2D eigenvalue weighted by Crippen LogP contribution is -2.35. The fourth-order valence-electron chi connectivity index (χ4n) is 1.55. The molecule has 1 rings (SSSR count). The molecule has 2 N–H and O–H groups in total. The monoisotopic (exact) mass is 149 g/mol. The minimum atomic E-state index is -2.33. The van der Waals surface area contributed by atoms with Crippen LogP contribution in [0.15, 0.2) is 0 Å². The zero-order valence-corrected chi connectivity index (χ0v) is 5.89. The maximum Gasteiger partial charge on any atom is 0.253 e. The SMILES string of the molecule is NC(C(F)F)C1CCCC1. The zero-order chi connectivity index (χ0) is 7.56. The summed E-state index contributed by atoms with van der Waals surface area (Å²) in [6, 6.07) is -0.873. The third-order valence-electron chi connectivity index (χ3n) is 2.24. The molecule has 10 heavy (non-hydrogen) atoms. The van der Waals surface area contributed by atoms with Crippen LogP contribution in [0.25, 0.3) is 0 Å². The predicted octanol–water partition coefficient (Wildman–Crippen LogP) is 1.77. The maximum absolute atomic E-state index is 12.0. The van der Waals surface area contributed by atoms with Gasteiger partial charge in [-0.05, 0) is 18.8 Å². The van der Waals surface area contributed by atoms with Gasteiger partial charge in [-0.15, -0.1) is 0 Å². The molecule has 0 radical (unpaired) electrons. The average Bonchev–Trinajstić information content (AvgIpc) is 2.36. The first-order valence-corrected chi connectivity index (χ1v) is 3.75. The lowest BCUT2D eigenvalue weighted by atomic mass is 10.00. The van der Waals surface area contributed by atoms with Crippen molar-refractivity contribution in [2.75, 3.05) is 0 Å². The van der Waals surface area contributed by atoms with E-state index in [1.165, 1.54) is 0 Å². The van der Waals surface area contributed by atoms with Crippen molar-refractivity contribution in [1.82, 2.24) is 0 Å². The molecular formula is C7H13F2N. The summed E-state index contributed by atoms with van der Waals surface area (Å²) >= 11 is 0.